The van der Waals surface area contributed by atoms with Gasteiger partial charge in [0.15, 0.2) is 22.8 Å². The second kappa shape index (κ2) is 4.26. The largest absolute Gasteiger partial charge is 0.494 e. The molecule has 15 heavy (non-hydrogen) atoms. The summed E-state index contributed by atoms with van der Waals surface area (Å²) in [6, 6.07) is 2.38. The Kier molecular flexibility index (Phi) is 3.25. The maximum Gasteiger partial charge on any atom is 0.324 e. The summed E-state index contributed by atoms with van der Waals surface area (Å²) < 4.78 is 0.883. The summed E-state index contributed by atoms with van der Waals surface area (Å²) in [7, 11) is 0. The molecule has 0 saturated carbocycles. The fraction of sp³-hybridized carbons (Fsp3) is 0.250. The van der Waals surface area contributed by atoms with Gasteiger partial charge in [-0.3, -0.25) is 14.2 Å². The average Bonchev–Trinajstić information content (AvgIpc) is 2.47. The fourth-order valence-corrected chi connectivity index (χ4v) is 1.07. The number of hydrogen-bond donors (Lipinski definition) is 4. The molecule has 0 aliphatic rings. The van der Waals surface area contributed by atoms with Gasteiger partial charge < -0.3 is 15.3 Å². The summed E-state index contributed by atoms with van der Waals surface area (Å²) in [5.41, 5.74) is 0. The Bertz CT molecular complexity index is 380. The highest BCUT2D eigenvalue weighted by Crippen LogP contribution is 2.21. The minimum Gasteiger partial charge on any atom is -0.494 e. The first-order chi connectivity index (χ1) is 6.93. The Balaban J connectivity index is 2.79. The molecule has 0 amide bonds. The van der Waals surface area contributed by atoms with E-state index in [9.17, 15) is 19.8 Å². The standard InChI is InChI=1S/C8H9NO5S/c10-4(7(15)8(13)14)3-9-5(11)1-2-6(9)12/h1-2,7,11-12,15H,3H2,(H,13,14). The molecule has 1 heterocycles. The van der Waals surface area contributed by atoms with Crippen molar-refractivity contribution >= 4 is 24.4 Å². The van der Waals surface area contributed by atoms with Crippen LogP contribution < -0.4 is 0 Å². The molecule has 1 atom stereocenters. The van der Waals surface area contributed by atoms with E-state index in [0.29, 0.717) is 0 Å². The molecule has 0 aromatic carbocycles. The molecular formula is C8H9NO5S. The van der Waals surface area contributed by atoms with Crippen molar-refractivity contribution in [2.24, 2.45) is 0 Å². The van der Waals surface area contributed by atoms with Crippen LogP contribution in [0.5, 0.6) is 11.8 Å². The molecule has 0 saturated heterocycles. The van der Waals surface area contributed by atoms with Gasteiger partial charge in [0.2, 0.25) is 0 Å². The van der Waals surface area contributed by atoms with Crippen molar-refractivity contribution in [1.29, 1.82) is 0 Å². The lowest BCUT2D eigenvalue weighted by Gasteiger charge is -2.07. The highest BCUT2D eigenvalue weighted by atomic mass is 32.1. The number of hydrogen-bond acceptors (Lipinski definition) is 5. The normalized spacial score (nSPS) is 12.3. The van der Waals surface area contributed by atoms with Gasteiger partial charge in [0.25, 0.3) is 0 Å². The highest BCUT2D eigenvalue weighted by molar-refractivity contribution is 7.82. The van der Waals surface area contributed by atoms with Gasteiger partial charge in [0.1, 0.15) is 0 Å². The maximum absolute atomic E-state index is 11.3. The number of carboxylic acids is 1. The Hall–Kier alpha value is -1.63. The van der Waals surface area contributed by atoms with Crippen LogP contribution in [-0.2, 0) is 16.1 Å². The van der Waals surface area contributed by atoms with Gasteiger partial charge >= 0.3 is 5.97 Å². The van der Waals surface area contributed by atoms with E-state index in [2.05, 4.69) is 12.6 Å². The van der Waals surface area contributed by atoms with Crippen molar-refractivity contribution in [2.75, 3.05) is 0 Å². The summed E-state index contributed by atoms with van der Waals surface area (Å²) in [6.07, 6.45) is 0. The van der Waals surface area contributed by atoms with Crippen molar-refractivity contribution in [3.63, 3.8) is 0 Å². The zero-order chi connectivity index (χ0) is 11.6. The van der Waals surface area contributed by atoms with E-state index in [0.717, 1.165) is 4.57 Å². The van der Waals surface area contributed by atoms with Crippen molar-refractivity contribution in [3.8, 4) is 11.8 Å². The first kappa shape index (κ1) is 11.4. The van der Waals surface area contributed by atoms with Crippen molar-refractivity contribution in [3.05, 3.63) is 12.1 Å². The molecule has 0 aliphatic carbocycles. The number of carbonyl (C=O) groups excluding carboxylic acids is 1. The molecule has 6 nitrogen and oxygen atoms in total. The molecule has 1 aromatic heterocycles. The molecule has 3 N–H and O–H groups in total. The van der Waals surface area contributed by atoms with Crippen LogP contribution in [0.4, 0.5) is 0 Å². The summed E-state index contributed by atoms with van der Waals surface area (Å²) in [6.45, 7) is -0.439. The monoisotopic (exact) mass is 231 g/mol. The van der Waals surface area contributed by atoms with Gasteiger partial charge in [-0.05, 0) is 0 Å². The van der Waals surface area contributed by atoms with Gasteiger partial charge in [-0.25, -0.2) is 0 Å². The second-order valence-corrected chi connectivity index (χ2v) is 3.36. The third-order valence-electron chi connectivity index (χ3n) is 1.79. The number of nitrogens with zero attached hydrogens (tertiary/aromatic N) is 1. The maximum atomic E-state index is 11.3. The Labute approximate surface area is 90.2 Å². The number of rotatable bonds is 4. The number of aliphatic carboxylic acids is 1. The molecule has 7 heteroatoms. The summed E-state index contributed by atoms with van der Waals surface area (Å²) in [5.74, 6) is -2.72. The zero-order valence-corrected chi connectivity index (χ0v) is 8.39. The van der Waals surface area contributed by atoms with Crippen LogP contribution in [0.3, 0.4) is 0 Å². The van der Waals surface area contributed by atoms with Crippen LogP contribution in [0.25, 0.3) is 0 Å². The molecule has 0 bridgehead atoms. The number of aromatic nitrogens is 1. The highest BCUT2D eigenvalue weighted by Gasteiger charge is 2.23. The SMILES string of the molecule is O=C(O)C(S)C(=O)Cn1c(O)ccc1O. The zero-order valence-electron chi connectivity index (χ0n) is 7.49. The van der Waals surface area contributed by atoms with E-state index in [4.69, 9.17) is 5.11 Å². The molecular weight excluding hydrogens is 222 g/mol. The lowest BCUT2D eigenvalue weighted by molar-refractivity contribution is -0.139. The molecule has 1 unspecified atom stereocenters. The van der Waals surface area contributed by atoms with Gasteiger partial charge in [-0.2, -0.15) is 12.6 Å². The van der Waals surface area contributed by atoms with Crippen LogP contribution in [0.15, 0.2) is 12.1 Å². The number of aromatic hydroxyl groups is 2. The molecule has 0 radical (unpaired) electrons. The van der Waals surface area contributed by atoms with Crippen LogP contribution >= 0.6 is 12.6 Å². The average molecular weight is 231 g/mol. The van der Waals surface area contributed by atoms with E-state index >= 15 is 0 Å². The van der Waals surface area contributed by atoms with Crippen molar-refractivity contribution in [1.82, 2.24) is 4.57 Å². The van der Waals surface area contributed by atoms with E-state index in [1.165, 1.54) is 12.1 Å². The van der Waals surface area contributed by atoms with Crippen LogP contribution in [0.2, 0.25) is 0 Å². The smallest absolute Gasteiger partial charge is 0.324 e. The van der Waals surface area contributed by atoms with Crippen LogP contribution in [0.1, 0.15) is 0 Å². The molecule has 1 aromatic rings. The minimum atomic E-state index is -1.47. The Morgan fingerprint density at radius 2 is 1.80 bits per heavy atom. The van der Waals surface area contributed by atoms with E-state index in [1.807, 2.05) is 0 Å². The minimum absolute atomic E-state index is 0.313. The third kappa shape index (κ3) is 2.44. The fourth-order valence-electron chi connectivity index (χ4n) is 0.988. The first-order valence-corrected chi connectivity index (χ1v) is 4.46. The van der Waals surface area contributed by atoms with Gasteiger partial charge in [0.05, 0.1) is 6.54 Å². The van der Waals surface area contributed by atoms with Gasteiger partial charge in [-0.1, -0.05) is 0 Å². The van der Waals surface area contributed by atoms with Crippen LogP contribution in [0, 0.1) is 0 Å². The number of ketones is 1. The number of carbonyl (C=O) groups is 2. The number of Topliss-reactive ketones (excluding diaryl/α,β-unsaturated/α-hetero) is 1. The molecule has 0 fully saturated rings. The topological polar surface area (TPSA) is 99.8 Å². The summed E-state index contributed by atoms with van der Waals surface area (Å²) in [5, 5.41) is 25.4. The Morgan fingerprint density at radius 1 is 1.33 bits per heavy atom. The third-order valence-corrected chi connectivity index (χ3v) is 2.30. The lowest BCUT2D eigenvalue weighted by Crippen LogP contribution is -2.27. The summed E-state index contributed by atoms with van der Waals surface area (Å²) >= 11 is 3.57. The first-order valence-electron chi connectivity index (χ1n) is 3.94. The molecule has 1 rings (SSSR count). The van der Waals surface area contributed by atoms with E-state index in [1.54, 1.807) is 0 Å². The number of thiol groups is 1. The molecule has 0 aliphatic heterocycles. The van der Waals surface area contributed by atoms with Crippen LogP contribution in [-0.4, -0.2) is 36.9 Å². The van der Waals surface area contributed by atoms with E-state index < -0.39 is 23.5 Å². The number of carboxylic acid groups (broad SMARTS) is 1. The van der Waals surface area contributed by atoms with Crippen molar-refractivity contribution in [2.45, 2.75) is 11.8 Å². The van der Waals surface area contributed by atoms with Gasteiger partial charge in [0, 0.05) is 12.1 Å². The second-order valence-electron chi connectivity index (χ2n) is 2.84. The van der Waals surface area contributed by atoms with Gasteiger partial charge in [-0.15, -0.1) is 0 Å². The van der Waals surface area contributed by atoms with Crippen molar-refractivity contribution < 1.29 is 24.9 Å². The lowest BCUT2D eigenvalue weighted by atomic mass is 10.3. The predicted molar refractivity (Wildman–Crippen MR) is 53.2 cm³/mol. The molecule has 82 valence electrons. The van der Waals surface area contributed by atoms with E-state index in [-0.39, 0.29) is 11.8 Å². The molecule has 0 spiro atoms. The quantitative estimate of drug-likeness (QED) is 0.426. The Morgan fingerprint density at radius 3 is 2.20 bits per heavy atom. The predicted octanol–water partition coefficient (Wildman–Crippen LogP) is -0.149. The summed E-state index contributed by atoms with van der Waals surface area (Å²) in [4.78, 5) is 21.7.